The van der Waals surface area contributed by atoms with Crippen molar-refractivity contribution in [3.8, 4) is 0 Å². The third kappa shape index (κ3) is 18.3. The highest BCUT2D eigenvalue weighted by atomic mass is 32.1. The van der Waals surface area contributed by atoms with Gasteiger partial charge in [-0.05, 0) is 0 Å². The van der Waals surface area contributed by atoms with Crippen LogP contribution in [0.3, 0.4) is 0 Å². The Kier molecular flexibility index (Phi) is 19.3. The Balaban J connectivity index is -0.000000143. The number of esters is 2. The van der Waals surface area contributed by atoms with Crippen LogP contribution in [0.15, 0.2) is 0 Å². The first kappa shape index (κ1) is 18.2. The van der Waals surface area contributed by atoms with Gasteiger partial charge in [0, 0.05) is 12.8 Å². The predicted octanol–water partition coefficient (Wildman–Crippen LogP) is 1.25. The third-order valence-corrected chi connectivity index (χ3v) is 1.03. The molecule has 80 valence electrons. The predicted molar refractivity (Wildman–Crippen MR) is 55.0 cm³/mol. The molecule has 0 aliphatic heterocycles. The number of hydrogen-bond donors (Lipinski definition) is 0. The fourth-order valence-electron chi connectivity index (χ4n) is 0.289. The van der Waals surface area contributed by atoms with Crippen LogP contribution in [0.2, 0.25) is 0 Å². The quantitative estimate of drug-likeness (QED) is 0.644. The molecule has 0 aliphatic carbocycles. The van der Waals surface area contributed by atoms with Crippen LogP contribution in [0, 0.1) is 0 Å². The highest BCUT2D eigenvalue weighted by Crippen LogP contribution is 1.76. The van der Waals surface area contributed by atoms with Crippen LogP contribution in [0.5, 0.6) is 0 Å². The Labute approximate surface area is 86.0 Å². The van der Waals surface area contributed by atoms with Gasteiger partial charge < -0.3 is 9.47 Å². The summed E-state index contributed by atoms with van der Waals surface area (Å²) in [5.74, 6) is -0.315. The zero-order valence-corrected chi connectivity index (χ0v) is 9.55. The minimum atomic E-state index is -0.157. The van der Waals surface area contributed by atoms with E-state index in [1.165, 1.54) is 14.2 Å². The first-order chi connectivity index (χ1) is 5.62. The molecule has 0 heterocycles. The minimum absolute atomic E-state index is 0. The summed E-state index contributed by atoms with van der Waals surface area (Å²) in [6.07, 6.45) is 0.938. The summed E-state index contributed by atoms with van der Waals surface area (Å²) in [6.45, 7) is 3.51. The molecular formula is C8H18O4S. The Hall–Kier alpha value is -0.710. The molecule has 4 nitrogen and oxygen atoms in total. The number of rotatable bonds is 2. The lowest BCUT2D eigenvalue weighted by molar-refractivity contribution is -0.141. The summed E-state index contributed by atoms with van der Waals surface area (Å²) in [6, 6.07) is 0. The molecule has 0 amide bonds. The number of hydrogen-bond acceptors (Lipinski definition) is 4. The smallest absolute Gasteiger partial charge is 0.305 e. The van der Waals surface area contributed by atoms with Crippen molar-refractivity contribution in [2.24, 2.45) is 0 Å². The van der Waals surface area contributed by atoms with Gasteiger partial charge in [0.2, 0.25) is 0 Å². The Morgan fingerprint density at radius 2 is 1.15 bits per heavy atom. The van der Waals surface area contributed by atoms with Gasteiger partial charge in [0.1, 0.15) is 0 Å². The second-order valence-electron chi connectivity index (χ2n) is 1.86. The molecule has 0 saturated carbocycles. The van der Waals surface area contributed by atoms with E-state index in [4.69, 9.17) is 0 Å². The maximum absolute atomic E-state index is 9.96. The van der Waals surface area contributed by atoms with E-state index < -0.39 is 0 Å². The molecule has 0 aromatic rings. The molecule has 0 spiro atoms. The molecule has 0 aromatic heterocycles. The summed E-state index contributed by atoms with van der Waals surface area (Å²) in [7, 11) is 2.76. The van der Waals surface area contributed by atoms with Crippen molar-refractivity contribution in [1.82, 2.24) is 0 Å². The first-order valence-corrected chi connectivity index (χ1v) is 3.75. The molecule has 5 heteroatoms. The second-order valence-corrected chi connectivity index (χ2v) is 1.86. The van der Waals surface area contributed by atoms with Crippen molar-refractivity contribution in [1.29, 1.82) is 0 Å². The van der Waals surface area contributed by atoms with E-state index in [1.807, 2.05) is 0 Å². The van der Waals surface area contributed by atoms with Crippen molar-refractivity contribution in [3.63, 3.8) is 0 Å². The summed E-state index contributed by atoms with van der Waals surface area (Å²) < 4.78 is 8.52. The van der Waals surface area contributed by atoms with Crippen LogP contribution in [-0.4, -0.2) is 26.2 Å². The van der Waals surface area contributed by atoms with Crippen molar-refractivity contribution in [2.75, 3.05) is 14.2 Å². The van der Waals surface area contributed by atoms with Gasteiger partial charge in [-0.1, -0.05) is 13.8 Å². The van der Waals surface area contributed by atoms with Gasteiger partial charge in [-0.15, -0.1) is 0 Å². The molecule has 0 unspecified atom stereocenters. The molecule has 0 aromatic carbocycles. The van der Waals surface area contributed by atoms with Crippen molar-refractivity contribution in [3.05, 3.63) is 0 Å². The maximum atomic E-state index is 9.96. The van der Waals surface area contributed by atoms with Crippen LogP contribution in [0.4, 0.5) is 0 Å². The first-order valence-electron chi connectivity index (χ1n) is 3.75. The molecule has 0 fully saturated rings. The summed E-state index contributed by atoms with van der Waals surface area (Å²) >= 11 is 0. The fraction of sp³-hybridized carbons (Fsp3) is 0.750. The van der Waals surface area contributed by atoms with Crippen LogP contribution in [0.1, 0.15) is 26.7 Å². The Bertz CT molecular complexity index is 108. The Morgan fingerprint density at radius 3 is 1.15 bits per heavy atom. The van der Waals surface area contributed by atoms with Gasteiger partial charge in [-0.2, -0.15) is 13.5 Å². The normalized spacial score (nSPS) is 7.08. The molecule has 0 saturated heterocycles. The van der Waals surface area contributed by atoms with E-state index in [2.05, 4.69) is 9.47 Å². The number of carbonyl (C=O) groups excluding carboxylic acids is 2. The standard InChI is InChI=1S/2C4H8O2.H2S/c2*1-3-4(5)6-2;/h2*3H2,1-2H3;1H2. The van der Waals surface area contributed by atoms with Crippen LogP contribution >= 0.6 is 13.5 Å². The van der Waals surface area contributed by atoms with Gasteiger partial charge >= 0.3 is 11.9 Å². The SMILES string of the molecule is CCC(=O)OC.CCC(=O)OC.S. The van der Waals surface area contributed by atoms with E-state index in [9.17, 15) is 9.59 Å². The molecule has 0 bridgehead atoms. The van der Waals surface area contributed by atoms with Crippen LogP contribution in [-0.2, 0) is 19.1 Å². The molecular weight excluding hydrogens is 192 g/mol. The average Bonchev–Trinajstić information content (AvgIpc) is 2.16. The van der Waals surface area contributed by atoms with E-state index in [0.717, 1.165) is 0 Å². The molecule has 0 atom stereocenters. The molecule has 0 aliphatic rings. The van der Waals surface area contributed by atoms with Gasteiger partial charge in [-0.25, -0.2) is 0 Å². The minimum Gasteiger partial charge on any atom is -0.469 e. The molecule has 0 radical (unpaired) electrons. The largest absolute Gasteiger partial charge is 0.469 e. The lowest BCUT2D eigenvalue weighted by atomic mass is 10.5. The summed E-state index contributed by atoms with van der Waals surface area (Å²) in [5.41, 5.74) is 0. The van der Waals surface area contributed by atoms with Crippen molar-refractivity contribution in [2.45, 2.75) is 26.7 Å². The topological polar surface area (TPSA) is 52.6 Å². The van der Waals surface area contributed by atoms with Crippen molar-refractivity contribution < 1.29 is 19.1 Å². The highest BCUT2D eigenvalue weighted by Gasteiger charge is 1.88. The summed E-state index contributed by atoms with van der Waals surface area (Å²) in [4.78, 5) is 19.9. The van der Waals surface area contributed by atoms with Gasteiger partial charge in [-0.3, -0.25) is 9.59 Å². The maximum Gasteiger partial charge on any atom is 0.305 e. The molecule has 13 heavy (non-hydrogen) atoms. The van der Waals surface area contributed by atoms with Gasteiger partial charge in [0.25, 0.3) is 0 Å². The monoisotopic (exact) mass is 210 g/mol. The number of methoxy groups -OCH3 is 2. The zero-order chi connectivity index (χ0) is 9.98. The highest BCUT2D eigenvalue weighted by molar-refractivity contribution is 7.59. The average molecular weight is 210 g/mol. The van der Waals surface area contributed by atoms with Gasteiger partial charge in [0.05, 0.1) is 14.2 Å². The number of carbonyl (C=O) groups is 2. The van der Waals surface area contributed by atoms with Crippen molar-refractivity contribution >= 4 is 25.4 Å². The lowest BCUT2D eigenvalue weighted by Crippen LogP contribution is -1.94. The lowest BCUT2D eigenvalue weighted by Gasteiger charge is -1.87. The van der Waals surface area contributed by atoms with Gasteiger partial charge in [0.15, 0.2) is 0 Å². The molecule has 0 rings (SSSR count). The fourth-order valence-corrected chi connectivity index (χ4v) is 0.289. The van der Waals surface area contributed by atoms with E-state index in [1.54, 1.807) is 13.8 Å². The molecule has 0 N–H and O–H groups in total. The Morgan fingerprint density at radius 1 is 0.923 bits per heavy atom. The third-order valence-electron chi connectivity index (χ3n) is 1.03. The van der Waals surface area contributed by atoms with Crippen LogP contribution in [0.25, 0.3) is 0 Å². The second kappa shape index (κ2) is 13.9. The van der Waals surface area contributed by atoms with E-state index in [0.29, 0.717) is 12.8 Å². The number of ether oxygens (including phenoxy) is 2. The zero-order valence-electron chi connectivity index (χ0n) is 8.55. The van der Waals surface area contributed by atoms with Crippen LogP contribution < -0.4 is 0 Å². The van der Waals surface area contributed by atoms with E-state index >= 15 is 0 Å². The summed E-state index contributed by atoms with van der Waals surface area (Å²) in [5, 5.41) is 0. The van der Waals surface area contributed by atoms with E-state index in [-0.39, 0.29) is 25.4 Å².